The molecule has 0 saturated carbocycles. The van der Waals surface area contributed by atoms with Crippen LogP contribution < -0.4 is 5.32 Å². The van der Waals surface area contributed by atoms with Gasteiger partial charge < -0.3 is 5.32 Å². The van der Waals surface area contributed by atoms with Crippen LogP contribution >= 0.6 is 23.4 Å². The van der Waals surface area contributed by atoms with Gasteiger partial charge in [0.1, 0.15) is 0 Å². The number of hydrogen-bond acceptors (Lipinski definition) is 2. The largest absolute Gasteiger partial charge is 0.389 e. The first-order valence-electron chi connectivity index (χ1n) is 5.53. The van der Waals surface area contributed by atoms with Gasteiger partial charge in [0.05, 0.1) is 0 Å². The van der Waals surface area contributed by atoms with Crippen LogP contribution in [0.25, 0.3) is 0 Å². The molecule has 0 bridgehead atoms. The van der Waals surface area contributed by atoms with Gasteiger partial charge in [0.15, 0.2) is 0 Å². The van der Waals surface area contributed by atoms with E-state index >= 15 is 0 Å². The van der Waals surface area contributed by atoms with Gasteiger partial charge in [-0.05, 0) is 37.7 Å². The summed E-state index contributed by atoms with van der Waals surface area (Å²) in [6.07, 6.45) is -4.74. The smallest absolute Gasteiger partial charge is 0.316 e. The van der Waals surface area contributed by atoms with Gasteiger partial charge in [-0.1, -0.05) is 11.6 Å². The molecule has 102 valence electrons. The summed E-state index contributed by atoms with van der Waals surface area (Å²) >= 11 is 7.28. The summed E-state index contributed by atoms with van der Waals surface area (Å²) in [6, 6.07) is 7.13. The van der Waals surface area contributed by atoms with Crippen LogP contribution in [0.5, 0.6) is 0 Å². The number of thioether (sulfide) groups is 1. The molecule has 1 aromatic rings. The number of hydrogen-bond donors (Lipinski definition) is 1. The van der Waals surface area contributed by atoms with Gasteiger partial charge in [-0.15, -0.1) is 11.8 Å². The summed E-state index contributed by atoms with van der Waals surface area (Å²) in [7, 11) is 1.68. The Morgan fingerprint density at radius 3 is 2.39 bits per heavy atom. The maximum atomic E-state index is 12.1. The Morgan fingerprint density at radius 2 is 1.89 bits per heavy atom. The Labute approximate surface area is 114 Å². The zero-order valence-corrected chi connectivity index (χ0v) is 11.5. The summed E-state index contributed by atoms with van der Waals surface area (Å²) in [5.41, 5.74) is 0. The highest BCUT2D eigenvalue weighted by Crippen LogP contribution is 2.25. The fraction of sp³-hybridized carbons (Fsp3) is 0.500. The van der Waals surface area contributed by atoms with E-state index in [0.29, 0.717) is 10.8 Å². The fourth-order valence-corrected chi connectivity index (χ4v) is 2.56. The van der Waals surface area contributed by atoms with Crippen LogP contribution in [0.1, 0.15) is 12.8 Å². The van der Waals surface area contributed by atoms with E-state index < -0.39 is 12.6 Å². The minimum atomic E-state index is -4.08. The van der Waals surface area contributed by atoms with Crippen LogP contribution in [0.2, 0.25) is 5.02 Å². The lowest BCUT2D eigenvalue weighted by Gasteiger charge is -2.16. The van der Waals surface area contributed by atoms with E-state index in [0.717, 1.165) is 4.90 Å². The molecule has 0 spiro atoms. The van der Waals surface area contributed by atoms with E-state index in [4.69, 9.17) is 11.6 Å². The second-order valence-corrected chi connectivity index (χ2v) is 5.43. The summed E-state index contributed by atoms with van der Waals surface area (Å²) in [6.45, 7) is 0. The molecule has 0 aliphatic carbocycles. The minimum absolute atomic E-state index is 0.0978. The molecule has 0 saturated heterocycles. The van der Waals surface area contributed by atoms with E-state index in [-0.39, 0.29) is 12.5 Å². The average molecular weight is 298 g/mol. The zero-order chi connectivity index (χ0) is 13.6. The molecule has 18 heavy (non-hydrogen) atoms. The Hall–Kier alpha value is -0.390. The Morgan fingerprint density at radius 1 is 1.28 bits per heavy atom. The second kappa shape index (κ2) is 7.26. The highest BCUT2D eigenvalue weighted by Gasteiger charge is 2.27. The number of halogens is 4. The SMILES string of the molecule is CNC(CCC(F)(F)F)CSc1ccc(Cl)cc1. The first kappa shape index (κ1) is 15.7. The molecule has 1 N–H and O–H groups in total. The molecule has 1 nitrogen and oxygen atoms in total. The van der Waals surface area contributed by atoms with E-state index in [1.165, 1.54) is 11.8 Å². The molecule has 0 amide bonds. The van der Waals surface area contributed by atoms with Crippen molar-refractivity contribution in [1.82, 2.24) is 5.32 Å². The third-order valence-electron chi connectivity index (χ3n) is 2.45. The molecular weight excluding hydrogens is 283 g/mol. The predicted molar refractivity (Wildman–Crippen MR) is 70.3 cm³/mol. The average Bonchev–Trinajstić information content (AvgIpc) is 2.30. The third-order valence-corrected chi connectivity index (χ3v) is 3.88. The van der Waals surface area contributed by atoms with Crippen molar-refractivity contribution < 1.29 is 13.2 Å². The lowest BCUT2D eigenvalue weighted by atomic mass is 10.2. The van der Waals surface area contributed by atoms with Gasteiger partial charge in [0.2, 0.25) is 0 Å². The maximum Gasteiger partial charge on any atom is 0.389 e. The first-order chi connectivity index (χ1) is 8.40. The normalized spacial score (nSPS) is 13.6. The molecule has 1 unspecified atom stereocenters. The third kappa shape index (κ3) is 6.52. The van der Waals surface area contributed by atoms with E-state index in [2.05, 4.69) is 5.32 Å². The highest BCUT2D eigenvalue weighted by atomic mass is 35.5. The van der Waals surface area contributed by atoms with Gasteiger partial charge in [0.25, 0.3) is 0 Å². The molecule has 0 heterocycles. The summed E-state index contributed by atoms with van der Waals surface area (Å²) in [5, 5.41) is 3.56. The molecule has 1 atom stereocenters. The van der Waals surface area contributed by atoms with Crippen LogP contribution in [-0.2, 0) is 0 Å². The number of rotatable bonds is 6. The number of nitrogens with one attached hydrogen (secondary N) is 1. The van der Waals surface area contributed by atoms with Crippen molar-refractivity contribution in [1.29, 1.82) is 0 Å². The molecule has 1 rings (SSSR count). The number of benzene rings is 1. The zero-order valence-electron chi connectivity index (χ0n) is 9.93. The van der Waals surface area contributed by atoms with Crippen molar-refractivity contribution in [2.45, 2.75) is 30.0 Å². The van der Waals surface area contributed by atoms with Crippen LogP contribution in [0.3, 0.4) is 0 Å². The van der Waals surface area contributed by atoms with Crippen molar-refractivity contribution in [2.75, 3.05) is 12.8 Å². The fourth-order valence-electron chi connectivity index (χ4n) is 1.38. The maximum absolute atomic E-state index is 12.1. The van der Waals surface area contributed by atoms with Crippen LogP contribution in [0, 0.1) is 0 Å². The Balaban J connectivity index is 2.37. The molecule has 0 aliphatic rings. The van der Waals surface area contributed by atoms with Crippen LogP contribution in [0.15, 0.2) is 29.2 Å². The Kier molecular flexibility index (Phi) is 6.32. The quantitative estimate of drug-likeness (QED) is 0.783. The molecular formula is C12H15ClF3NS. The van der Waals surface area contributed by atoms with Crippen molar-refractivity contribution >= 4 is 23.4 Å². The molecule has 0 aromatic heterocycles. The van der Waals surface area contributed by atoms with Crippen LogP contribution in [-0.4, -0.2) is 25.0 Å². The summed E-state index contributed by atoms with van der Waals surface area (Å²) in [5.74, 6) is 0.605. The van der Waals surface area contributed by atoms with Crippen molar-refractivity contribution in [2.24, 2.45) is 0 Å². The van der Waals surface area contributed by atoms with E-state index in [1.807, 2.05) is 12.1 Å². The molecule has 1 aromatic carbocycles. The molecule has 0 radical (unpaired) electrons. The van der Waals surface area contributed by atoms with Gasteiger partial charge in [-0.25, -0.2) is 0 Å². The number of alkyl halides is 3. The minimum Gasteiger partial charge on any atom is -0.316 e. The summed E-state index contributed by atoms with van der Waals surface area (Å²) in [4.78, 5) is 1.01. The van der Waals surface area contributed by atoms with Gasteiger partial charge in [0, 0.05) is 28.1 Å². The van der Waals surface area contributed by atoms with Gasteiger partial charge in [-0.3, -0.25) is 0 Å². The van der Waals surface area contributed by atoms with E-state index in [1.54, 1.807) is 19.2 Å². The topological polar surface area (TPSA) is 12.0 Å². The lowest BCUT2D eigenvalue weighted by Crippen LogP contribution is -2.29. The standard InChI is InChI=1S/C12H15ClF3NS/c1-17-10(6-7-12(14,15)16)8-18-11-4-2-9(13)3-5-11/h2-5,10,17H,6-8H2,1H3. The van der Waals surface area contributed by atoms with Crippen molar-refractivity contribution in [3.05, 3.63) is 29.3 Å². The van der Waals surface area contributed by atoms with Crippen LogP contribution in [0.4, 0.5) is 13.2 Å². The van der Waals surface area contributed by atoms with Gasteiger partial charge in [-0.2, -0.15) is 13.2 Å². The highest BCUT2D eigenvalue weighted by molar-refractivity contribution is 7.99. The first-order valence-corrected chi connectivity index (χ1v) is 6.89. The summed E-state index contributed by atoms with van der Waals surface area (Å²) < 4.78 is 36.3. The molecule has 0 aliphatic heterocycles. The van der Waals surface area contributed by atoms with Crippen molar-refractivity contribution in [3.63, 3.8) is 0 Å². The van der Waals surface area contributed by atoms with E-state index in [9.17, 15) is 13.2 Å². The Bertz CT molecular complexity index is 353. The predicted octanol–water partition coefficient (Wildman–Crippen LogP) is 4.36. The van der Waals surface area contributed by atoms with Gasteiger partial charge >= 0.3 is 6.18 Å². The molecule has 0 fully saturated rings. The lowest BCUT2D eigenvalue weighted by molar-refractivity contribution is -0.136. The molecule has 6 heteroatoms. The van der Waals surface area contributed by atoms with Crippen molar-refractivity contribution in [3.8, 4) is 0 Å². The monoisotopic (exact) mass is 297 g/mol. The second-order valence-electron chi connectivity index (χ2n) is 3.90.